The minimum Gasteiger partial charge on any atom is -0.481 e. The van der Waals surface area contributed by atoms with Crippen LogP contribution in [0.3, 0.4) is 0 Å². The number of carboxylic acid groups (broad SMARTS) is 5. The highest BCUT2D eigenvalue weighted by atomic mass is 32.2. The number of hydrogen-bond donors (Lipinski definition) is 20. The van der Waals surface area contributed by atoms with Crippen molar-refractivity contribution in [3.05, 3.63) is 125 Å². The molecule has 3 amide bonds. The van der Waals surface area contributed by atoms with E-state index in [0.29, 0.717) is 17.8 Å². The molecule has 0 spiro atoms. The van der Waals surface area contributed by atoms with Gasteiger partial charge < -0.3 is 115 Å². The molecule has 117 heavy (non-hydrogen) atoms. The topological polar surface area (TPSA) is 777 Å². The van der Waals surface area contributed by atoms with E-state index in [1.54, 1.807) is 34.6 Å². The standard InChI is InChI=1S/C9H15NO3.C8H16NO4P.C8H15NO4S.C7H12O4.C6H13O5P.C6H12O5S.C6H8O4.C5H9O5P.C5H8O5S.C5H6O4/c1-6(2)8(13)10-9(3,4)5-7(11)12;2*1-6(2)7(10)9-8(3,4)5-14(11,12)13;1-2-3-11-5-6(8)4-7(9)10;2*1-2-3-11-4-6(7)5-12(8,9)10;1-2-6(9)10-4-3-5(7)8;2*1-2-5(6)10-3-4-11(7,8)9;1-3(5(8)9)2-4(6)7/h1,5H2,2-4H3,(H,10,13)(H,11,12);1,5H2,2-4H3,(H,9,10)(H2,11,12,13);1,5H2,2-4H3,(H,9,10)(H,11,12,13);2,6,8H,1,3-5H2,(H,9,10);2,6-7H,1,3-5H2,(H2,8,9,10);2,6-7H,1,3-5H2,(H,8,9,10);2H,1,3-4H2,(H,7,8);2H,1,3-4H2,(H2,7,8,9);2H,1,3-4H2,(H,7,8,9);1-2H2,(H,6,7)(H,8,9). The van der Waals surface area contributed by atoms with Crippen LogP contribution in [-0.4, -0.2) is 305 Å². The zero-order chi connectivity index (χ0) is 94.9. The Morgan fingerprint density at radius 2 is 0.795 bits per heavy atom. The number of rotatable bonds is 45. The van der Waals surface area contributed by atoms with Crippen LogP contribution < -0.4 is 16.0 Å². The summed E-state index contributed by atoms with van der Waals surface area (Å²) < 4.78 is 145. The smallest absolute Gasteiger partial charge is 0.331 e. The fourth-order valence-electron chi connectivity index (χ4n) is 5.64. The van der Waals surface area contributed by atoms with Gasteiger partial charge in [-0.2, -0.15) is 25.3 Å². The fourth-order valence-corrected chi connectivity index (χ4v) is 9.59. The predicted octanol–water partition coefficient (Wildman–Crippen LogP) is 0.891. The molecule has 46 nitrogen and oxygen atoms in total. The van der Waals surface area contributed by atoms with Gasteiger partial charge in [-0.3, -0.25) is 60.9 Å². The minimum absolute atomic E-state index is 0.0400. The molecule has 0 rings (SSSR count). The second kappa shape index (κ2) is 68.4. The number of carboxylic acids is 5. The Morgan fingerprint density at radius 3 is 1.07 bits per heavy atom. The van der Waals surface area contributed by atoms with E-state index < -0.39 is 184 Å². The Balaban J connectivity index is -0.000000136. The summed E-state index contributed by atoms with van der Waals surface area (Å²) >= 11 is 0. The Morgan fingerprint density at radius 1 is 0.444 bits per heavy atom. The van der Waals surface area contributed by atoms with Crippen LogP contribution in [-0.2, 0) is 125 Å². The molecule has 0 aromatic carbocycles. The second-order valence-corrected chi connectivity index (χ2v) is 34.2. The molecular weight excluding hydrogens is 1700 g/mol. The quantitative estimate of drug-likeness (QED) is 0.00766. The maximum Gasteiger partial charge on any atom is 0.331 e. The third kappa shape index (κ3) is 123. The first kappa shape index (κ1) is 129. The fraction of sp³-hybridized carbons (Fsp3) is 0.523. The molecule has 0 aliphatic heterocycles. The van der Waals surface area contributed by atoms with Crippen molar-refractivity contribution in [2.24, 2.45) is 0 Å². The van der Waals surface area contributed by atoms with Crippen molar-refractivity contribution in [3.8, 4) is 0 Å². The molecule has 0 aromatic rings. The van der Waals surface area contributed by atoms with Gasteiger partial charge in [0.15, 0.2) is 0 Å². The van der Waals surface area contributed by atoms with Gasteiger partial charge in [0.2, 0.25) is 17.7 Å². The molecule has 3 unspecified atom stereocenters. The van der Waals surface area contributed by atoms with Gasteiger partial charge in [-0.15, -0.1) is 19.7 Å². The van der Waals surface area contributed by atoms with Gasteiger partial charge in [-0.25, -0.2) is 19.2 Å². The Hall–Kier alpha value is -8.49. The normalized spacial score (nSPS) is 11.6. The Bertz CT molecular complexity index is 3720. The number of hydrogen-bond acceptors (Lipinski definition) is 29. The summed E-state index contributed by atoms with van der Waals surface area (Å²) in [5.74, 6) is -10.4. The van der Waals surface area contributed by atoms with Crippen molar-refractivity contribution in [1.29, 1.82) is 0 Å². The van der Waals surface area contributed by atoms with Gasteiger partial charge in [-0.1, -0.05) is 64.3 Å². The first-order valence-corrected chi connectivity index (χ1v) is 42.4. The van der Waals surface area contributed by atoms with E-state index in [2.05, 4.69) is 96.0 Å². The number of ether oxygens (including phenoxy) is 6. The van der Waals surface area contributed by atoms with Crippen LogP contribution in [0, 0.1) is 0 Å². The van der Waals surface area contributed by atoms with Gasteiger partial charge in [0, 0.05) is 51.6 Å². The molecule has 3 atom stereocenters. The minimum atomic E-state index is -4.13. The zero-order valence-corrected chi connectivity index (χ0v) is 71.1. The van der Waals surface area contributed by atoms with Crippen LogP contribution >= 0.6 is 22.8 Å². The lowest BCUT2D eigenvalue weighted by Gasteiger charge is -2.26. The highest BCUT2D eigenvalue weighted by molar-refractivity contribution is 7.86. The molecule has 0 radical (unpaired) electrons. The number of aliphatic hydroxyl groups excluding tert-OH is 3. The highest BCUT2D eigenvalue weighted by Gasteiger charge is 2.31. The molecule has 0 aliphatic rings. The van der Waals surface area contributed by atoms with Crippen molar-refractivity contribution < 1.29 is 204 Å². The number of esters is 3. The van der Waals surface area contributed by atoms with Gasteiger partial charge in [0.05, 0.1) is 113 Å². The lowest BCUT2D eigenvalue weighted by molar-refractivity contribution is -0.143. The van der Waals surface area contributed by atoms with Crippen molar-refractivity contribution in [3.63, 3.8) is 0 Å². The van der Waals surface area contributed by atoms with E-state index in [1.165, 1.54) is 45.9 Å². The number of carbonyl (C=O) groups is 11. The predicted molar refractivity (Wildman–Crippen MR) is 421 cm³/mol. The van der Waals surface area contributed by atoms with Gasteiger partial charge in [-0.05, 0) is 62.3 Å². The third-order valence-electron chi connectivity index (χ3n) is 10.1. The molecule has 0 saturated heterocycles. The Labute approximate surface area is 678 Å². The Kier molecular flexibility index (Phi) is 75.6. The SMILES string of the molecule is C=C(C)C(=O)NC(C)(C)CC(=O)O.C=C(C)C(=O)NC(C)(C)CP(=O)(O)O.C=C(C)C(=O)NC(C)(C)CS(=O)(=O)O.C=C(CC(=O)O)C(=O)O.C=CC(=O)OCCC(=O)O.C=CC(=O)OCCP(=O)(O)O.C=CC(=O)OCCS(=O)(=O)O.C=CCOCC(O)CC(=O)O.C=CCOCC(O)CP(=O)(O)O.C=CCOCC(O)CS(=O)(=O)O. The summed E-state index contributed by atoms with van der Waals surface area (Å²) in [5.41, 5.74) is -2.02. The lowest BCUT2D eigenvalue weighted by atomic mass is 10.0. The first-order chi connectivity index (χ1) is 52.5. The van der Waals surface area contributed by atoms with E-state index in [-0.39, 0.29) is 95.3 Å². The van der Waals surface area contributed by atoms with Gasteiger partial charge in [0.25, 0.3) is 30.4 Å². The van der Waals surface area contributed by atoms with Crippen LogP contribution in [0.1, 0.15) is 88.0 Å². The molecule has 0 saturated carbocycles. The summed E-state index contributed by atoms with van der Waals surface area (Å²) in [4.78, 5) is 165. The number of nitrogens with one attached hydrogen (secondary N) is 3. The monoisotopic (exact) mass is 1810 g/mol. The maximum atomic E-state index is 11.2. The third-order valence-corrected chi connectivity index (χ3v) is 15.5. The summed E-state index contributed by atoms with van der Waals surface area (Å²) in [6.07, 6.45) is 1.62. The number of carbonyl (C=O) groups excluding carboxylic acids is 6. The lowest BCUT2D eigenvalue weighted by Crippen LogP contribution is -2.48. The van der Waals surface area contributed by atoms with Crippen LogP contribution in [0.2, 0.25) is 0 Å². The van der Waals surface area contributed by atoms with Gasteiger partial charge in [0.1, 0.15) is 31.3 Å². The van der Waals surface area contributed by atoms with E-state index in [0.717, 1.165) is 18.2 Å². The average molecular weight is 1810 g/mol. The van der Waals surface area contributed by atoms with E-state index in [1.807, 2.05) is 0 Å². The second-order valence-electron chi connectivity index (χ2n) is 24.5. The van der Waals surface area contributed by atoms with Crippen molar-refractivity contribution in [1.82, 2.24) is 16.0 Å². The summed E-state index contributed by atoms with van der Waals surface area (Å²) in [7, 11) is -24.5. The summed E-state index contributed by atoms with van der Waals surface area (Å²) in [6.45, 7) is 46.7. The van der Waals surface area contributed by atoms with Crippen molar-refractivity contribution in [2.75, 3.05) is 95.2 Å². The van der Waals surface area contributed by atoms with Crippen molar-refractivity contribution in [2.45, 2.75) is 123 Å². The zero-order valence-electron chi connectivity index (χ0n) is 66.0. The van der Waals surface area contributed by atoms with E-state index in [9.17, 15) is 91.7 Å². The summed E-state index contributed by atoms with van der Waals surface area (Å²) in [6, 6.07) is 0. The van der Waals surface area contributed by atoms with Crippen LogP contribution in [0.15, 0.2) is 125 Å². The molecule has 0 bridgehead atoms. The molecule has 680 valence electrons. The van der Waals surface area contributed by atoms with E-state index in [4.69, 9.17) is 98.1 Å². The van der Waals surface area contributed by atoms with Crippen LogP contribution in [0.25, 0.3) is 0 Å². The first-order valence-electron chi connectivity index (χ1n) is 32.2. The molecule has 0 aromatic heterocycles. The van der Waals surface area contributed by atoms with Gasteiger partial charge >= 0.3 is 70.5 Å². The highest BCUT2D eigenvalue weighted by Crippen LogP contribution is 2.38. The number of amides is 3. The maximum absolute atomic E-state index is 11.2. The number of aliphatic hydroxyl groups is 3. The average Bonchev–Trinajstić information content (AvgIpc) is 0.873. The molecule has 52 heteroatoms. The molecule has 0 aliphatic carbocycles. The van der Waals surface area contributed by atoms with E-state index >= 15 is 0 Å². The molecule has 0 fully saturated rings. The van der Waals surface area contributed by atoms with Crippen LogP contribution in [0.4, 0.5) is 0 Å². The molecule has 20 N–H and O–H groups in total. The number of aliphatic carboxylic acids is 5. The molecule has 0 heterocycles. The van der Waals surface area contributed by atoms with Crippen LogP contribution in [0.5, 0.6) is 0 Å². The largest absolute Gasteiger partial charge is 0.481 e. The summed E-state index contributed by atoms with van der Waals surface area (Å²) in [5, 5.41) is 75.2. The van der Waals surface area contributed by atoms with Crippen molar-refractivity contribution >= 4 is 119 Å². The molecular formula is C65H114N3O43P3S3.